The van der Waals surface area contributed by atoms with E-state index in [1.807, 2.05) is 18.2 Å². The lowest BCUT2D eigenvalue weighted by Gasteiger charge is -2.37. The van der Waals surface area contributed by atoms with Crippen molar-refractivity contribution in [3.63, 3.8) is 0 Å². The first kappa shape index (κ1) is 16.9. The largest absolute Gasteiger partial charge is 0.508 e. The third-order valence-electron chi connectivity index (χ3n) is 6.02. The summed E-state index contributed by atoms with van der Waals surface area (Å²) in [6.45, 7) is 1.62. The van der Waals surface area contributed by atoms with E-state index < -0.39 is 5.91 Å². The van der Waals surface area contributed by atoms with Crippen LogP contribution >= 0.6 is 0 Å². The van der Waals surface area contributed by atoms with Crippen molar-refractivity contribution in [1.82, 2.24) is 4.98 Å². The lowest BCUT2D eigenvalue weighted by atomic mass is 9.86. The molecule has 28 heavy (non-hydrogen) atoms. The van der Waals surface area contributed by atoms with Gasteiger partial charge in [0.05, 0.1) is 18.2 Å². The van der Waals surface area contributed by atoms with Crippen molar-refractivity contribution in [2.24, 2.45) is 5.73 Å². The number of fused-ring (bicyclic) bond motifs is 3. The molecule has 2 heterocycles. The molecule has 5 rings (SSSR count). The third kappa shape index (κ3) is 2.48. The van der Waals surface area contributed by atoms with Crippen LogP contribution in [0.25, 0.3) is 10.9 Å². The van der Waals surface area contributed by atoms with E-state index in [1.54, 1.807) is 24.4 Å². The molecular weight excluding hydrogens is 354 g/mol. The summed E-state index contributed by atoms with van der Waals surface area (Å²) in [6.07, 6.45) is 4.01. The second-order valence-electron chi connectivity index (χ2n) is 7.74. The molecule has 1 aromatic heterocycles. The summed E-state index contributed by atoms with van der Waals surface area (Å²) in [5.74, 6) is 0.237. The number of carbonyl (C=O) groups excluding carboxylic acids is 1. The Balaban J connectivity index is 1.65. The van der Waals surface area contributed by atoms with E-state index in [1.165, 1.54) is 18.2 Å². The number of rotatable bonds is 3. The molecule has 6 nitrogen and oxygen atoms in total. The second kappa shape index (κ2) is 5.86. The summed E-state index contributed by atoms with van der Waals surface area (Å²) >= 11 is 0. The van der Waals surface area contributed by atoms with Crippen LogP contribution in [0.1, 0.15) is 34.3 Å². The van der Waals surface area contributed by atoms with Gasteiger partial charge >= 0.3 is 0 Å². The van der Waals surface area contributed by atoms with E-state index in [9.17, 15) is 9.90 Å². The molecule has 3 aromatic rings. The molecule has 3 N–H and O–H groups in total. The number of ether oxygens (including phenoxy) is 1. The molecule has 1 amide bonds. The summed E-state index contributed by atoms with van der Waals surface area (Å²) in [5, 5.41) is 10.8. The van der Waals surface area contributed by atoms with Gasteiger partial charge in [0.25, 0.3) is 5.91 Å². The van der Waals surface area contributed by atoms with Crippen LogP contribution < -0.4 is 15.4 Å². The summed E-state index contributed by atoms with van der Waals surface area (Å²) in [5.41, 5.74) is 10.3. The minimum atomic E-state index is -0.522. The molecule has 0 radical (unpaired) electrons. The van der Waals surface area contributed by atoms with Crippen molar-refractivity contribution in [3.05, 3.63) is 59.3 Å². The first-order valence-corrected chi connectivity index (χ1v) is 9.35. The maximum Gasteiger partial charge on any atom is 0.252 e. The lowest BCUT2D eigenvalue weighted by Crippen LogP contribution is -2.38. The van der Waals surface area contributed by atoms with Crippen LogP contribution in [0.4, 0.5) is 5.69 Å². The highest BCUT2D eigenvalue weighted by Crippen LogP contribution is 2.54. The number of hydrogen-bond donors (Lipinski definition) is 2. The topological polar surface area (TPSA) is 88.7 Å². The normalized spacial score (nSPS) is 16.8. The van der Waals surface area contributed by atoms with Crippen molar-refractivity contribution in [2.45, 2.75) is 24.8 Å². The highest BCUT2D eigenvalue weighted by molar-refractivity contribution is 6.03. The number of amides is 1. The van der Waals surface area contributed by atoms with E-state index in [-0.39, 0.29) is 5.41 Å². The van der Waals surface area contributed by atoms with Gasteiger partial charge in [-0.1, -0.05) is 6.07 Å². The van der Waals surface area contributed by atoms with Gasteiger partial charge in [-0.2, -0.15) is 0 Å². The molecule has 1 saturated carbocycles. The van der Waals surface area contributed by atoms with Crippen LogP contribution in [0, 0.1) is 0 Å². The van der Waals surface area contributed by atoms with Gasteiger partial charge in [-0.25, -0.2) is 0 Å². The van der Waals surface area contributed by atoms with E-state index in [0.29, 0.717) is 17.1 Å². The summed E-state index contributed by atoms with van der Waals surface area (Å²) < 4.78 is 5.32. The maximum atomic E-state index is 11.9. The molecule has 1 aliphatic heterocycles. The Morgan fingerprint density at radius 3 is 2.79 bits per heavy atom. The number of benzene rings is 2. The average molecular weight is 375 g/mol. The second-order valence-corrected chi connectivity index (χ2v) is 7.74. The number of phenols is 1. The van der Waals surface area contributed by atoms with Crippen LogP contribution in [0.3, 0.4) is 0 Å². The molecule has 142 valence electrons. The Hall–Kier alpha value is -3.28. The lowest BCUT2D eigenvalue weighted by molar-refractivity contribution is 0.0997. The van der Waals surface area contributed by atoms with Crippen molar-refractivity contribution in [2.75, 3.05) is 18.6 Å². The van der Waals surface area contributed by atoms with Crippen molar-refractivity contribution < 1.29 is 14.6 Å². The van der Waals surface area contributed by atoms with Gasteiger partial charge in [0.1, 0.15) is 11.5 Å². The molecular formula is C22H21N3O3. The van der Waals surface area contributed by atoms with Crippen LogP contribution in [0.2, 0.25) is 0 Å². The molecule has 0 saturated heterocycles. The van der Waals surface area contributed by atoms with Gasteiger partial charge in [-0.3, -0.25) is 9.78 Å². The van der Waals surface area contributed by atoms with Gasteiger partial charge in [0, 0.05) is 41.8 Å². The van der Waals surface area contributed by atoms with E-state index in [2.05, 4.69) is 9.88 Å². The molecule has 1 spiro atoms. The zero-order chi connectivity index (χ0) is 19.5. The quantitative estimate of drug-likeness (QED) is 0.734. The molecule has 6 heteroatoms. The number of pyridine rings is 1. The molecule has 2 aromatic carbocycles. The number of aromatic hydroxyl groups is 1. The van der Waals surface area contributed by atoms with E-state index in [0.717, 1.165) is 42.5 Å². The van der Waals surface area contributed by atoms with Gasteiger partial charge in [0.2, 0.25) is 0 Å². The number of primary amides is 1. The Labute approximate surface area is 162 Å². The third-order valence-corrected chi connectivity index (χ3v) is 6.02. The zero-order valence-corrected chi connectivity index (χ0v) is 15.6. The van der Waals surface area contributed by atoms with Gasteiger partial charge in [-0.15, -0.1) is 0 Å². The number of anilines is 1. The Bertz CT molecular complexity index is 1120. The van der Waals surface area contributed by atoms with Crippen LogP contribution in [-0.2, 0) is 12.0 Å². The van der Waals surface area contributed by atoms with E-state index in [4.69, 9.17) is 10.5 Å². The fourth-order valence-corrected chi connectivity index (χ4v) is 4.45. The molecule has 1 fully saturated rings. The maximum absolute atomic E-state index is 11.9. The zero-order valence-electron chi connectivity index (χ0n) is 15.6. The fraction of sp³-hybridized carbons (Fsp3) is 0.273. The average Bonchev–Trinajstić information content (AvgIpc) is 3.46. The van der Waals surface area contributed by atoms with Crippen LogP contribution in [0.5, 0.6) is 11.5 Å². The SMILES string of the molecule is COc1cc2nccc(N3Cc4ccc(O)cc4C4(CC4)C3)c2cc1C(N)=O. The molecule has 0 unspecified atom stereocenters. The monoisotopic (exact) mass is 375 g/mol. The summed E-state index contributed by atoms with van der Waals surface area (Å²) in [6, 6.07) is 11.2. The predicted octanol–water partition coefficient (Wildman–Crippen LogP) is 3.10. The molecule has 0 atom stereocenters. The summed E-state index contributed by atoms with van der Waals surface area (Å²) in [7, 11) is 1.52. The first-order chi connectivity index (χ1) is 13.5. The van der Waals surface area contributed by atoms with Crippen LogP contribution in [0.15, 0.2) is 42.6 Å². The standard InChI is InChI=1S/C22H21N3O3/c1-28-20-10-18-15(9-16(20)21(23)27)19(4-7-24-18)25-11-13-2-3-14(26)8-17(13)22(12-25)5-6-22/h2-4,7-10,26H,5-6,11-12H2,1H3,(H2,23,27). The number of phenolic OH excluding ortho intramolecular Hbond substituents is 1. The number of carbonyl (C=O) groups is 1. The van der Waals surface area contributed by atoms with Gasteiger partial charge in [-0.05, 0) is 48.2 Å². The first-order valence-electron chi connectivity index (χ1n) is 9.35. The Kier molecular flexibility index (Phi) is 3.53. The van der Waals surface area contributed by atoms with Crippen LogP contribution in [-0.4, -0.2) is 29.7 Å². The van der Waals surface area contributed by atoms with Crippen molar-refractivity contribution >= 4 is 22.5 Å². The molecule has 2 aliphatic rings. The fourth-order valence-electron chi connectivity index (χ4n) is 4.45. The Morgan fingerprint density at radius 2 is 2.07 bits per heavy atom. The number of nitrogens with zero attached hydrogens (tertiary/aromatic N) is 2. The number of aromatic nitrogens is 1. The van der Waals surface area contributed by atoms with Gasteiger partial charge < -0.3 is 20.5 Å². The predicted molar refractivity (Wildman–Crippen MR) is 107 cm³/mol. The minimum Gasteiger partial charge on any atom is -0.508 e. The number of nitrogens with two attached hydrogens (primary N) is 1. The molecule has 0 bridgehead atoms. The molecule has 1 aliphatic carbocycles. The highest BCUT2D eigenvalue weighted by Gasteiger charge is 2.49. The minimum absolute atomic E-state index is 0.0981. The number of methoxy groups -OCH3 is 1. The van der Waals surface area contributed by atoms with E-state index >= 15 is 0 Å². The Morgan fingerprint density at radius 1 is 1.25 bits per heavy atom. The van der Waals surface area contributed by atoms with Gasteiger partial charge in [0.15, 0.2) is 0 Å². The highest BCUT2D eigenvalue weighted by atomic mass is 16.5. The number of hydrogen-bond acceptors (Lipinski definition) is 5. The summed E-state index contributed by atoms with van der Waals surface area (Å²) in [4.78, 5) is 18.7. The smallest absolute Gasteiger partial charge is 0.252 e. The van der Waals surface area contributed by atoms with Crippen molar-refractivity contribution in [3.8, 4) is 11.5 Å². The van der Waals surface area contributed by atoms with Crippen molar-refractivity contribution in [1.29, 1.82) is 0 Å².